The summed E-state index contributed by atoms with van der Waals surface area (Å²) >= 11 is 0. The average molecular weight is 340 g/mol. The molecule has 2 aromatic rings. The molecule has 0 radical (unpaired) electrons. The van der Waals surface area contributed by atoms with Crippen molar-refractivity contribution in [2.45, 2.75) is 39.0 Å². The van der Waals surface area contributed by atoms with E-state index in [1.54, 1.807) is 6.92 Å². The Hall–Kier alpha value is -1.91. The van der Waals surface area contributed by atoms with Crippen LogP contribution in [0.15, 0.2) is 18.2 Å². The van der Waals surface area contributed by atoms with Crippen LogP contribution in [-0.2, 0) is 19.3 Å². The molecule has 0 spiro atoms. The Morgan fingerprint density at radius 1 is 0.917 bits per heavy atom. The van der Waals surface area contributed by atoms with Crippen LogP contribution in [0.2, 0.25) is 0 Å². The number of hydrogen-bond acceptors (Lipinski definition) is 0. The largest absolute Gasteiger partial charge is 0.207 e. The standard InChI is InChI=1S/C19H17F5/c1-10-6-15(20)14(16(21)7-10)5-3-11-2-4-13-12(8-11)9-17(22)19(24)18(13)23/h6-7,9,11H,2-5,8H2,1H3. The van der Waals surface area contributed by atoms with Gasteiger partial charge in [-0.1, -0.05) is 0 Å². The Balaban J connectivity index is 1.73. The van der Waals surface area contributed by atoms with Gasteiger partial charge in [0, 0.05) is 5.56 Å². The molecule has 0 saturated carbocycles. The van der Waals surface area contributed by atoms with Crippen molar-refractivity contribution in [1.29, 1.82) is 0 Å². The smallest absolute Gasteiger partial charge is 0.194 e. The summed E-state index contributed by atoms with van der Waals surface area (Å²) in [7, 11) is 0. The first-order valence-corrected chi connectivity index (χ1v) is 7.96. The minimum Gasteiger partial charge on any atom is -0.207 e. The fraction of sp³-hybridized carbons (Fsp3) is 0.368. The SMILES string of the molecule is Cc1cc(F)c(CCC2CCc3c(cc(F)c(F)c3F)C2)c(F)c1. The van der Waals surface area contributed by atoms with Crippen LogP contribution in [0.1, 0.15) is 35.1 Å². The molecule has 0 aromatic heterocycles. The van der Waals surface area contributed by atoms with E-state index in [-0.39, 0.29) is 23.5 Å². The van der Waals surface area contributed by atoms with Crippen LogP contribution in [0.5, 0.6) is 0 Å². The topological polar surface area (TPSA) is 0 Å². The van der Waals surface area contributed by atoms with Crippen LogP contribution in [0, 0.1) is 41.9 Å². The van der Waals surface area contributed by atoms with E-state index in [1.807, 2.05) is 0 Å². The zero-order valence-electron chi connectivity index (χ0n) is 13.2. The molecular formula is C19H17F5. The molecule has 0 N–H and O–H groups in total. The molecule has 3 rings (SSSR count). The van der Waals surface area contributed by atoms with E-state index < -0.39 is 29.1 Å². The summed E-state index contributed by atoms with van der Waals surface area (Å²) in [5.41, 5.74) is 1.24. The number of fused-ring (bicyclic) bond motifs is 1. The molecule has 1 atom stereocenters. The Labute approximate surface area is 137 Å². The molecule has 5 heteroatoms. The predicted molar refractivity (Wildman–Crippen MR) is 81.2 cm³/mol. The summed E-state index contributed by atoms with van der Waals surface area (Å²) in [6, 6.07) is 3.62. The molecule has 0 heterocycles. The lowest BCUT2D eigenvalue weighted by Crippen LogP contribution is -2.18. The first kappa shape index (κ1) is 16.9. The Bertz CT molecular complexity index is 759. The summed E-state index contributed by atoms with van der Waals surface area (Å²) in [5, 5.41) is 0. The van der Waals surface area contributed by atoms with Crippen molar-refractivity contribution in [3.05, 3.63) is 69.5 Å². The molecule has 0 saturated heterocycles. The molecule has 0 aliphatic heterocycles. The van der Waals surface area contributed by atoms with Gasteiger partial charge in [-0.05, 0) is 79.8 Å². The normalized spacial score (nSPS) is 17.0. The number of halogens is 5. The molecule has 1 unspecified atom stereocenters. The lowest BCUT2D eigenvalue weighted by Gasteiger charge is -2.25. The van der Waals surface area contributed by atoms with E-state index in [1.165, 1.54) is 12.1 Å². The third-order valence-electron chi connectivity index (χ3n) is 4.76. The van der Waals surface area contributed by atoms with Crippen LogP contribution in [-0.4, -0.2) is 0 Å². The zero-order valence-corrected chi connectivity index (χ0v) is 13.2. The lowest BCUT2D eigenvalue weighted by molar-refractivity contribution is 0.390. The molecular weight excluding hydrogens is 323 g/mol. The van der Waals surface area contributed by atoms with Crippen molar-refractivity contribution in [3.8, 4) is 0 Å². The second-order valence-corrected chi connectivity index (χ2v) is 6.48. The van der Waals surface area contributed by atoms with Gasteiger partial charge in [0.15, 0.2) is 17.5 Å². The van der Waals surface area contributed by atoms with Gasteiger partial charge in [0.05, 0.1) is 0 Å². The van der Waals surface area contributed by atoms with Crippen LogP contribution in [0.4, 0.5) is 22.0 Å². The minimum absolute atomic E-state index is 0.0443. The highest BCUT2D eigenvalue weighted by atomic mass is 19.2. The van der Waals surface area contributed by atoms with Gasteiger partial charge in [0.1, 0.15) is 11.6 Å². The van der Waals surface area contributed by atoms with Crippen molar-refractivity contribution < 1.29 is 22.0 Å². The van der Waals surface area contributed by atoms with Crippen molar-refractivity contribution >= 4 is 0 Å². The van der Waals surface area contributed by atoms with E-state index in [2.05, 4.69) is 0 Å². The molecule has 2 aromatic carbocycles. The minimum atomic E-state index is -1.43. The highest BCUT2D eigenvalue weighted by Gasteiger charge is 2.25. The quantitative estimate of drug-likeness (QED) is 0.516. The maximum Gasteiger partial charge on any atom is 0.194 e. The molecule has 0 fully saturated rings. The van der Waals surface area contributed by atoms with Crippen LogP contribution in [0.25, 0.3) is 0 Å². The second kappa shape index (κ2) is 6.54. The number of rotatable bonds is 3. The van der Waals surface area contributed by atoms with Crippen LogP contribution < -0.4 is 0 Å². The fourth-order valence-electron chi connectivity index (χ4n) is 3.46. The maximum atomic E-state index is 13.9. The van der Waals surface area contributed by atoms with Gasteiger partial charge in [0.25, 0.3) is 0 Å². The summed E-state index contributed by atoms with van der Waals surface area (Å²) in [4.78, 5) is 0. The third kappa shape index (κ3) is 3.17. The summed E-state index contributed by atoms with van der Waals surface area (Å²) in [5.74, 6) is -4.81. The number of aryl methyl sites for hydroxylation is 1. The van der Waals surface area contributed by atoms with Gasteiger partial charge in [-0.25, -0.2) is 22.0 Å². The summed E-state index contributed by atoms with van der Waals surface area (Å²) in [6.07, 6.45) is 2.02. The Morgan fingerprint density at radius 3 is 2.25 bits per heavy atom. The van der Waals surface area contributed by atoms with Gasteiger partial charge in [0.2, 0.25) is 0 Å². The van der Waals surface area contributed by atoms with Crippen LogP contribution >= 0.6 is 0 Å². The summed E-state index contributed by atoms with van der Waals surface area (Å²) in [6.45, 7) is 1.62. The van der Waals surface area contributed by atoms with Crippen molar-refractivity contribution in [2.24, 2.45) is 5.92 Å². The van der Waals surface area contributed by atoms with E-state index >= 15 is 0 Å². The van der Waals surface area contributed by atoms with Gasteiger partial charge >= 0.3 is 0 Å². The predicted octanol–water partition coefficient (Wildman–Crippen LogP) is 5.43. The third-order valence-corrected chi connectivity index (χ3v) is 4.76. The monoisotopic (exact) mass is 340 g/mol. The molecule has 128 valence electrons. The Kier molecular flexibility index (Phi) is 4.61. The van der Waals surface area contributed by atoms with E-state index in [4.69, 9.17) is 0 Å². The van der Waals surface area contributed by atoms with Crippen molar-refractivity contribution in [2.75, 3.05) is 0 Å². The van der Waals surface area contributed by atoms with Gasteiger partial charge in [-0.3, -0.25) is 0 Å². The van der Waals surface area contributed by atoms with Gasteiger partial charge < -0.3 is 0 Å². The summed E-state index contributed by atoms with van der Waals surface area (Å²) < 4.78 is 68.1. The first-order valence-electron chi connectivity index (χ1n) is 7.96. The van der Waals surface area contributed by atoms with Crippen LogP contribution in [0.3, 0.4) is 0 Å². The maximum absolute atomic E-state index is 13.9. The van der Waals surface area contributed by atoms with Gasteiger partial charge in [-0.2, -0.15) is 0 Å². The molecule has 24 heavy (non-hydrogen) atoms. The van der Waals surface area contributed by atoms with E-state index in [0.29, 0.717) is 36.8 Å². The molecule has 0 nitrogen and oxygen atoms in total. The zero-order chi connectivity index (χ0) is 17.4. The van der Waals surface area contributed by atoms with Gasteiger partial charge in [-0.15, -0.1) is 0 Å². The number of hydrogen-bond donors (Lipinski definition) is 0. The van der Waals surface area contributed by atoms with E-state index in [9.17, 15) is 22.0 Å². The van der Waals surface area contributed by atoms with Crippen molar-refractivity contribution in [3.63, 3.8) is 0 Å². The Morgan fingerprint density at radius 2 is 1.58 bits per heavy atom. The highest BCUT2D eigenvalue weighted by molar-refractivity contribution is 5.33. The molecule has 1 aliphatic rings. The fourth-order valence-corrected chi connectivity index (χ4v) is 3.46. The molecule has 0 bridgehead atoms. The highest BCUT2D eigenvalue weighted by Crippen LogP contribution is 2.32. The first-order chi connectivity index (χ1) is 11.4. The average Bonchev–Trinajstić information content (AvgIpc) is 2.51. The lowest BCUT2D eigenvalue weighted by atomic mass is 9.80. The van der Waals surface area contributed by atoms with Crippen molar-refractivity contribution in [1.82, 2.24) is 0 Å². The second-order valence-electron chi connectivity index (χ2n) is 6.48. The van der Waals surface area contributed by atoms with E-state index in [0.717, 1.165) is 6.07 Å². The number of benzene rings is 2. The molecule has 1 aliphatic carbocycles. The molecule has 0 amide bonds.